The highest BCUT2D eigenvalue weighted by atomic mass is 31.2. The number of unbranched alkanes of at least 4 members (excludes halogenated alkanes) is 23. The van der Waals surface area contributed by atoms with Crippen LogP contribution in [0.5, 0.6) is 0 Å². The number of hydrogen-bond acceptors (Lipinski definition) is 15. The van der Waals surface area contributed by atoms with Crippen molar-refractivity contribution in [2.45, 2.75) is 303 Å². The number of esters is 4. The molecule has 0 saturated heterocycles. The molecule has 0 aromatic heterocycles. The van der Waals surface area contributed by atoms with Gasteiger partial charge in [0.25, 0.3) is 0 Å². The molecule has 3 N–H and O–H groups in total. The second-order valence-electron chi connectivity index (χ2n) is 23.8. The number of phosphoric acid groups is 2. The van der Waals surface area contributed by atoms with E-state index in [2.05, 4.69) is 125 Å². The molecule has 0 aromatic rings. The van der Waals surface area contributed by atoms with Crippen LogP contribution < -0.4 is 0 Å². The Bertz CT molecular complexity index is 2220. The van der Waals surface area contributed by atoms with E-state index < -0.39 is 97.5 Å². The molecule has 0 rings (SSSR count). The lowest BCUT2D eigenvalue weighted by atomic mass is 10.1. The highest BCUT2D eigenvalue weighted by Crippen LogP contribution is 2.45. The van der Waals surface area contributed by atoms with Crippen LogP contribution >= 0.6 is 15.6 Å². The smallest absolute Gasteiger partial charge is 0.462 e. The lowest BCUT2D eigenvalue weighted by Gasteiger charge is -2.21. The third-order valence-electron chi connectivity index (χ3n) is 14.7. The molecule has 0 radical (unpaired) electrons. The summed E-state index contributed by atoms with van der Waals surface area (Å²) in [7, 11) is -9.96. The van der Waals surface area contributed by atoms with Gasteiger partial charge in [0.1, 0.15) is 19.3 Å². The molecule has 94 heavy (non-hydrogen) atoms. The Morgan fingerprint density at radius 1 is 0.309 bits per heavy atom. The molecule has 0 heterocycles. The van der Waals surface area contributed by atoms with Crippen molar-refractivity contribution in [3.63, 3.8) is 0 Å². The van der Waals surface area contributed by atoms with E-state index >= 15 is 0 Å². The van der Waals surface area contributed by atoms with Gasteiger partial charge >= 0.3 is 39.5 Å². The first-order chi connectivity index (χ1) is 45.7. The van der Waals surface area contributed by atoms with Gasteiger partial charge in [-0.15, -0.1) is 0 Å². The van der Waals surface area contributed by atoms with E-state index in [1.807, 2.05) is 12.2 Å². The monoisotopic (exact) mass is 1360 g/mol. The topological polar surface area (TPSA) is 237 Å². The highest BCUT2D eigenvalue weighted by Gasteiger charge is 2.30. The van der Waals surface area contributed by atoms with Gasteiger partial charge in [-0.3, -0.25) is 37.3 Å². The van der Waals surface area contributed by atoms with Crippen LogP contribution in [-0.4, -0.2) is 96.7 Å². The Hall–Kier alpha value is -4.28. The van der Waals surface area contributed by atoms with E-state index in [4.69, 9.17) is 37.0 Å². The third-order valence-corrected chi connectivity index (χ3v) is 16.6. The number of phosphoric ester groups is 2. The van der Waals surface area contributed by atoms with E-state index in [9.17, 15) is 43.2 Å². The van der Waals surface area contributed by atoms with E-state index in [0.717, 1.165) is 148 Å². The molecule has 17 nitrogen and oxygen atoms in total. The van der Waals surface area contributed by atoms with Gasteiger partial charge in [-0.1, -0.05) is 253 Å². The first-order valence-corrected chi connectivity index (χ1v) is 39.1. The maximum absolute atomic E-state index is 13.0. The minimum absolute atomic E-state index is 0.0786. The van der Waals surface area contributed by atoms with Crippen molar-refractivity contribution in [3.8, 4) is 0 Å². The van der Waals surface area contributed by atoms with E-state index in [0.29, 0.717) is 32.1 Å². The third kappa shape index (κ3) is 66.3. The second-order valence-corrected chi connectivity index (χ2v) is 26.7. The Morgan fingerprint density at radius 3 is 0.936 bits per heavy atom. The van der Waals surface area contributed by atoms with Crippen LogP contribution in [0, 0.1) is 0 Å². The van der Waals surface area contributed by atoms with Gasteiger partial charge in [-0.2, -0.15) is 0 Å². The molecular weight excluding hydrogens is 1230 g/mol. The predicted octanol–water partition coefficient (Wildman–Crippen LogP) is 20.2. The summed E-state index contributed by atoms with van der Waals surface area (Å²) in [6, 6.07) is 0. The van der Waals surface area contributed by atoms with Crippen molar-refractivity contribution in [2.24, 2.45) is 0 Å². The van der Waals surface area contributed by atoms with Crippen LogP contribution in [0.4, 0.5) is 0 Å². The number of aliphatic hydroxyl groups is 1. The molecule has 0 saturated carbocycles. The standard InChI is InChI=1S/C75H128O17P2/c1-5-9-13-17-21-25-29-31-33-34-36-38-42-44-48-52-56-60-73(78)86-66-71(92-75(80)62-58-54-50-46-40-28-24-20-16-12-8-4)68-90-94(83,84)88-64-69(76)63-87-93(81,82)89-67-70(91-74(79)61-57-53-49-45-39-27-23-19-15-11-7-3)65-85-72(77)59-55-51-47-43-41-37-35-32-30-26-22-18-14-10-6-2/h9-10,13-14,19,21-23,25-26,31-33,35-36,38,44,48,69-71,76H,5-8,11-12,15-18,20,24,27-30,34,37,39-43,45-47,49-68H2,1-4H3,(H,81,82)(H,83,84)/b13-9-,14-10-,23-19-,25-21-,26-22-,33-31-,35-32-,38-36-,48-44-. The zero-order chi connectivity index (χ0) is 69.0. The summed E-state index contributed by atoms with van der Waals surface area (Å²) < 4.78 is 68.2. The summed E-state index contributed by atoms with van der Waals surface area (Å²) in [5.41, 5.74) is 0. The van der Waals surface area contributed by atoms with Crippen LogP contribution in [0.15, 0.2) is 109 Å². The molecule has 0 spiro atoms. The van der Waals surface area contributed by atoms with Crippen molar-refractivity contribution in [2.75, 3.05) is 39.6 Å². The molecule has 5 unspecified atom stereocenters. The Morgan fingerprint density at radius 2 is 0.574 bits per heavy atom. The number of hydrogen-bond donors (Lipinski definition) is 3. The predicted molar refractivity (Wildman–Crippen MR) is 381 cm³/mol. The summed E-state index contributed by atoms with van der Waals surface area (Å²) in [6.45, 7) is 4.49. The van der Waals surface area contributed by atoms with Gasteiger partial charge in [-0.25, -0.2) is 9.13 Å². The van der Waals surface area contributed by atoms with Crippen LogP contribution in [-0.2, 0) is 65.4 Å². The fourth-order valence-electron chi connectivity index (χ4n) is 9.25. The minimum atomic E-state index is -4.98. The molecule has 0 bridgehead atoms. The number of carbonyl (C=O) groups is 4. The van der Waals surface area contributed by atoms with Crippen molar-refractivity contribution >= 4 is 39.5 Å². The number of allylic oxidation sites excluding steroid dienone is 18. The molecule has 0 aliphatic rings. The van der Waals surface area contributed by atoms with Crippen LogP contribution in [0.1, 0.15) is 285 Å². The van der Waals surface area contributed by atoms with Gasteiger partial charge in [-0.05, 0) is 116 Å². The van der Waals surface area contributed by atoms with Crippen LogP contribution in [0.2, 0.25) is 0 Å². The minimum Gasteiger partial charge on any atom is -0.462 e. The molecule has 0 fully saturated rings. The SMILES string of the molecule is CC/C=C\C/C=C\C/C=C\C/C=C\C/C=C\CCCC(=O)OCC(COP(=O)(O)OCC(O)COP(=O)(O)OCC(COC(=O)CCCCCCC/C=C\C/C=C\C/C=C\CC)OC(=O)CCCCCCC/C=C\CCCC)OC(=O)CCCCCCCCCCCCC. The summed E-state index contributed by atoms with van der Waals surface area (Å²) in [4.78, 5) is 72.6. The van der Waals surface area contributed by atoms with Crippen molar-refractivity contribution in [1.29, 1.82) is 0 Å². The molecule has 0 aliphatic carbocycles. The normalized spacial score (nSPS) is 14.7. The van der Waals surface area contributed by atoms with Crippen molar-refractivity contribution in [3.05, 3.63) is 109 Å². The summed E-state index contributed by atoms with van der Waals surface area (Å²) >= 11 is 0. The number of aliphatic hydroxyl groups excluding tert-OH is 1. The zero-order valence-electron chi connectivity index (χ0n) is 58.6. The van der Waals surface area contributed by atoms with Crippen LogP contribution in [0.3, 0.4) is 0 Å². The summed E-state index contributed by atoms with van der Waals surface area (Å²) in [6.07, 6.45) is 69.7. The highest BCUT2D eigenvalue weighted by molar-refractivity contribution is 7.47. The van der Waals surface area contributed by atoms with Gasteiger partial charge in [0.2, 0.25) is 0 Å². The maximum atomic E-state index is 13.0. The first-order valence-electron chi connectivity index (χ1n) is 36.1. The number of ether oxygens (including phenoxy) is 4. The Balaban J connectivity index is 5.35. The Kier molecular flexibility index (Phi) is 64.2. The molecule has 0 aliphatic heterocycles. The van der Waals surface area contributed by atoms with Crippen LogP contribution in [0.25, 0.3) is 0 Å². The molecule has 540 valence electrons. The largest absolute Gasteiger partial charge is 0.472 e. The van der Waals surface area contributed by atoms with Gasteiger partial charge in [0, 0.05) is 25.7 Å². The number of rotatable bonds is 67. The maximum Gasteiger partial charge on any atom is 0.472 e. The van der Waals surface area contributed by atoms with Gasteiger partial charge in [0.05, 0.1) is 26.4 Å². The van der Waals surface area contributed by atoms with Crippen molar-refractivity contribution in [1.82, 2.24) is 0 Å². The summed E-state index contributed by atoms with van der Waals surface area (Å²) in [5.74, 6) is -2.27. The molecule has 0 aromatic carbocycles. The van der Waals surface area contributed by atoms with Gasteiger partial charge in [0.15, 0.2) is 12.2 Å². The van der Waals surface area contributed by atoms with E-state index in [1.165, 1.54) is 51.4 Å². The first kappa shape index (κ1) is 89.7. The number of carbonyl (C=O) groups excluding carboxylic acids is 4. The fourth-order valence-corrected chi connectivity index (χ4v) is 10.8. The molecule has 19 heteroatoms. The van der Waals surface area contributed by atoms with Crippen molar-refractivity contribution < 1.29 is 80.2 Å². The van der Waals surface area contributed by atoms with E-state index in [-0.39, 0.29) is 25.7 Å². The lowest BCUT2D eigenvalue weighted by Crippen LogP contribution is -2.30. The molecule has 5 atom stereocenters. The Labute approximate surface area is 569 Å². The average molecular weight is 1360 g/mol. The summed E-state index contributed by atoms with van der Waals surface area (Å²) in [5, 5.41) is 10.6. The molecular formula is C75H128O17P2. The molecule has 0 amide bonds. The quantitative estimate of drug-likeness (QED) is 0.0169. The average Bonchev–Trinajstić information content (AvgIpc) is 1.32. The van der Waals surface area contributed by atoms with Gasteiger partial charge < -0.3 is 33.8 Å². The van der Waals surface area contributed by atoms with E-state index in [1.54, 1.807) is 0 Å². The fraction of sp³-hybridized carbons (Fsp3) is 0.707. The second kappa shape index (κ2) is 67.3. The zero-order valence-corrected chi connectivity index (χ0v) is 60.4. The lowest BCUT2D eigenvalue weighted by molar-refractivity contribution is -0.161.